The zero-order valence-corrected chi connectivity index (χ0v) is 12.0. The van der Waals surface area contributed by atoms with E-state index in [1.54, 1.807) is 29.2 Å². The van der Waals surface area contributed by atoms with Gasteiger partial charge in [0.25, 0.3) is 11.8 Å². The second-order valence-electron chi connectivity index (χ2n) is 4.35. The monoisotopic (exact) mass is 287 g/mol. The topological polar surface area (TPSA) is 91.0 Å². The lowest BCUT2D eigenvalue weighted by Gasteiger charge is -2.18. The van der Waals surface area contributed by atoms with Crippen LogP contribution in [-0.2, 0) is 0 Å². The summed E-state index contributed by atoms with van der Waals surface area (Å²) in [5, 5.41) is 8.77. The molecule has 0 aliphatic rings. The van der Waals surface area contributed by atoms with E-state index in [9.17, 15) is 9.59 Å². The first-order valence-corrected chi connectivity index (χ1v) is 6.71. The third-order valence-corrected chi connectivity index (χ3v) is 3.05. The third kappa shape index (κ3) is 3.44. The highest BCUT2D eigenvalue weighted by atomic mass is 16.2. The number of carbonyl (C=O) groups is 2. The minimum absolute atomic E-state index is 0.0595. The number of carbonyl (C=O) groups excluding carboxylic acids is 2. The van der Waals surface area contributed by atoms with Crippen LogP contribution in [0.4, 0.5) is 5.69 Å². The molecule has 0 atom stereocenters. The number of hydrogen-bond acceptors (Lipinski definition) is 4. The first-order chi connectivity index (χ1) is 10.2. The van der Waals surface area contributed by atoms with Crippen LogP contribution < -0.4 is 5.32 Å². The van der Waals surface area contributed by atoms with Crippen molar-refractivity contribution in [2.75, 3.05) is 18.4 Å². The van der Waals surface area contributed by atoms with E-state index >= 15 is 0 Å². The Hall–Kier alpha value is -2.70. The van der Waals surface area contributed by atoms with Crippen molar-refractivity contribution in [1.29, 1.82) is 0 Å². The van der Waals surface area contributed by atoms with Crippen molar-refractivity contribution in [3.05, 3.63) is 42.0 Å². The molecule has 0 unspecified atom stereocenters. The Bertz CT molecular complexity index is 620. The number of hydrogen-bond donors (Lipinski definition) is 2. The number of aromatic nitrogens is 3. The van der Waals surface area contributed by atoms with Crippen LogP contribution in [0, 0.1) is 0 Å². The number of nitrogens with zero attached hydrogens (tertiary/aromatic N) is 3. The Morgan fingerprint density at radius 2 is 2.05 bits per heavy atom. The lowest BCUT2D eigenvalue weighted by molar-refractivity contribution is 0.0772. The van der Waals surface area contributed by atoms with Gasteiger partial charge in [0.15, 0.2) is 0 Å². The molecule has 0 aliphatic carbocycles. The molecule has 0 radical (unpaired) electrons. The predicted molar refractivity (Wildman–Crippen MR) is 78.0 cm³/mol. The summed E-state index contributed by atoms with van der Waals surface area (Å²) in [4.78, 5) is 29.6. The zero-order chi connectivity index (χ0) is 15.2. The summed E-state index contributed by atoms with van der Waals surface area (Å²) in [7, 11) is 0. The molecule has 1 aromatic carbocycles. The van der Waals surface area contributed by atoms with Crippen molar-refractivity contribution in [3.63, 3.8) is 0 Å². The number of nitrogens with one attached hydrogen (secondary N) is 2. The number of aromatic amines is 1. The summed E-state index contributed by atoms with van der Waals surface area (Å²) in [6.45, 7) is 5.14. The van der Waals surface area contributed by atoms with Crippen LogP contribution >= 0.6 is 0 Å². The normalized spacial score (nSPS) is 10.2. The Morgan fingerprint density at radius 1 is 1.29 bits per heavy atom. The SMILES string of the molecule is CCN(CC)C(=O)c1cccc(NC(=O)c2ncn[nH]2)c1. The molecule has 7 nitrogen and oxygen atoms in total. The van der Waals surface area contributed by atoms with Crippen LogP contribution in [-0.4, -0.2) is 45.0 Å². The van der Waals surface area contributed by atoms with Crippen molar-refractivity contribution < 1.29 is 9.59 Å². The highest BCUT2D eigenvalue weighted by Gasteiger charge is 2.14. The molecule has 0 saturated heterocycles. The maximum absolute atomic E-state index is 12.3. The first kappa shape index (κ1) is 14.7. The second-order valence-corrected chi connectivity index (χ2v) is 4.35. The molecule has 0 bridgehead atoms. The van der Waals surface area contributed by atoms with Crippen molar-refractivity contribution in [2.24, 2.45) is 0 Å². The quantitative estimate of drug-likeness (QED) is 0.872. The molecule has 2 rings (SSSR count). The smallest absolute Gasteiger partial charge is 0.292 e. The number of rotatable bonds is 5. The van der Waals surface area contributed by atoms with Crippen molar-refractivity contribution in [2.45, 2.75) is 13.8 Å². The van der Waals surface area contributed by atoms with Crippen molar-refractivity contribution in [1.82, 2.24) is 20.1 Å². The van der Waals surface area contributed by atoms with Gasteiger partial charge in [0.05, 0.1) is 0 Å². The summed E-state index contributed by atoms with van der Waals surface area (Å²) in [5.74, 6) is -0.342. The lowest BCUT2D eigenvalue weighted by atomic mass is 10.1. The van der Waals surface area contributed by atoms with E-state index in [1.165, 1.54) is 6.33 Å². The van der Waals surface area contributed by atoms with E-state index in [-0.39, 0.29) is 11.7 Å². The first-order valence-electron chi connectivity index (χ1n) is 6.71. The van der Waals surface area contributed by atoms with Gasteiger partial charge in [0.2, 0.25) is 5.82 Å². The molecule has 0 saturated carbocycles. The molecular formula is C14H17N5O2. The van der Waals surface area contributed by atoms with Gasteiger partial charge in [-0.3, -0.25) is 14.7 Å². The number of benzene rings is 1. The Labute approximate surface area is 122 Å². The fourth-order valence-corrected chi connectivity index (χ4v) is 1.93. The minimum Gasteiger partial charge on any atom is -0.339 e. The van der Waals surface area contributed by atoms with E-state index in [1.807, 2.05) is 13.8 Å². The molecule has 1 aromatic heterocycles. The van der Waals surface area contributed by atoms with Crippen LogP contribution in [0.2, 0.25) is 0 Å². The highest BCUT2D eigenvalue weighted by molar-refractivity contribution is 6.02. The number of H-pyrrole nitrogens is 1. The van der Waals surface area contributed by atoms with Gasteiger partial charge in [-0.2, -0.15) is 5.10 Å². The van der Waals surface area contributed by atoms with Gasteiger partial charge in [-0.05, 0) is 32.0 Å². The highest BCUT2D eigenvalue weighted by Crippen LogP contribution is 2.13. The van der Waals surface area contributed by atoms with E-state index in [0.29, 0.717) is 24.3 Å². The average molecular weight is 287 g/mol. The predicted octanol–water partition coefficient (Wildman–Crippen LogP) is 1.54. The van der Waals surface area contributed by atoms with Gasteiger partial charge >= 0.3 is 0 Å². The van der Waals surface area contributed by atoms with E-state index in [2.05, 4.69) is 20.5 Å². The fourth-order valence-electron chi connectivity index (χ4n) is 1.93. The summed E-state index contributed by atoms with van der Waals surface area (Å²) in [5.41, 5.74) is 1.07. The maximum Gasteiger partial charge on any atom is 0.292 e. The van der Waals surface area contributed by atoms with E-state index < -0.39 is 5.91 Å². The summed E-state index contributed by atoms with van der Waals surface area (Å²) < 4.78 is 0. The average Bonchev–Trinajstić information content (AvgIpc) is 3.03. The van der Waals surface area contributed by atoms with Gasteiger partial charge in [-0.1, -0.05) is 6.07 Å². The molecule has 110 valence electrons. The molecule has 1 heterocycles. The largest absolute Gasteiger partial charge is 0.339 e. The van der Waals surface area contributed by atoms with E-state index in [4.69, 9.17) is 0 Å². The van der Waals surface area contributed by atoms with Gasteiger partial charge in [0, 0.05) is 24.3 Å². The van der Waals surface area contributed by atoms with Crippen molar-refractivity contribution >= 4 is 17.5 Å². The fraction of sp³-hybridized carbons (Fsp3) is 0.286. The molecule has 0 aliphatic heterocycles. The maximum atomic E-state index is 12.3. The number of anilines is 1. The molecule has 21 heavy (non-hydrogen) atoms. The third-order valence-electron chi connectivity index (χ3n) is 3.05. The van der Waals surface area contributed by atoms with Gasteiger partial charge in [0.1, 0.15) is 6.33 Å². The Morgan fingerprint density at radius 3 is 2.67 bits per heavy atom. The van der Waals surface area contributed by atoms with Crippen LogP contribution in [0.25, 0.3) is 0 Å². The minimum atomic E-state index is -0.403. The van der Waals surface area contributed by atoms with Crippen LogP contribution in [0.5, 0.6) is 0 Å². The molecule has 0 spiro atoms. The van der Waals surface area contributed by atoms with Crippen molar-refractivity contribution in [3.8, 4) is 0 Å². The van der Waals surface area contributed by atoms with Gasteiger partial charge in [-0.15, -0.1) is 0 Å². The Balaban J connectivity index is 2.14. The lowest BCUT2D eigenvalue weighted by Crippen LogP contribution is -2.30. The molecule has 2 aromatic rings. The summed E-state index contributed by atoms with van der Waals surface area (Å²) in [6, 6.07) is 6.82. The van der Waals surface area contributed by atoms with Crippen LogP contribution in [0.3, 0.4) is 0 Å². The molecular weight excluding hydrogens is 270 g/mol. The van der Waals surface area contributed by atoms with Crippen LogP contribution in [0.15, 0.2) is 30.6 Å². The van der Waals surface area contributed by atoms with Crippen LogP contribution in [0.1, 0.15) is 34.8 Å². The molecule has 2 amide bonds. The van der Waals surface area contributed by atoms with Gasteiger partial charge in [-0.25, -0.2) is 4.98 Å². The van der Waals surface area contributed by atoms with Gasteiger partial charge < -0.3 is 10.2 Å². The summed E-state index contributed by atoms with van der Waals surface area (Å²) >= 11 is 0. The molecule has 0 fully saturated rings. The Kier molecular flexibility index (Phi) is 4.65. The second kappa shape index (κ2) is 6.65. The molecule has 2 N–H and O–H groups in total. The zero-order valence-electron chi connectivity index (χ0n) is 12.0. The standard InChI is InChI=1S/C14H17N5O2/c1-3-19(4-2)14(21)10-6-5-7-11(8-10)17-13(20)12-15-9-16-18-12/h5-9H,3-4H2,1-2H3,(H,17,20)(H,15,16,18). The number of amides is 2. The van der Waals surface area contributed by atoms with E-state index in [0.717, 1.165) is 0 Å². The summed E-state index contributed by atoms with van der Waals surface area (Å²) in [6.07, 6.45) is 1.26. The molecule has 7 heteroatoms.